The van der Waals surface area contributed by atoms with E-state index in [1.807, 2.05) is 0 Å². The summed E-state index contributed by atoms with van der Waals surface area (Å²) in [4.78, 5) is 2.61. The molecule has 0 aromatic heterocycles. The van der Waals surface area contributed by atoms with E-state index in [4.69, 9.17) is 0 Å². The van der Waals surface area contributed by atoms with E-state index >= 15 is 0 Å². The van der Waals surface area contributed by atoms with E-state index in [9.17, 15) is 0 Å². The van der Waals surface area contributed by atoms with Crippen LogP contribution in [0.15, 0.2) is 0 Å². The van der Waals surface area contributed by atoms with Gasteiger partial charge in [0.2, 0.25) is 0 Å². The average Bonchev–Trinajstić information content (AvgIpc) is 2.64. The maximum atomic E-state index is 3.64. The Morgan fingerprint density at radius 1 is 1.25 bits per heavy atom. The van der Waals surface area contributed by atoms with Crippen LogP contribution >= 0.6 is 0 Å². The molecule has 0 saturated heterocycles. The summed E-state index contributed by atoms with van der Waals surface area (Å²) >= 11 is 0. The van der Waals surface area contributed by atoms with Gasteiger partial charge in [0.25, 0.3) is 0 Å². The fraction of sp³-hybridized carbons (Fsp3) is 1.00. The smallest absolute Gasteiger partial charge is 0.0249 e. The van der Waals surface area contributed by atoms with Crippen LogP contribution in [0.4, 0.5) is 0 Å². The number of nitrogens with zero attached hydrogens (tertiary/aromatic N) is 1. The van der Waals surface area contributed by atoms with Crippen molar-refractivity contribution in [2.75, 3.05) is 13.6 Å². The molecule has 1 N–H and O–H groups in total. The maximum absolute atomic E-state index is 3.64. The molecule has 0 aliphatic heterocycles. The second-order valence-electron chi connectivity index (χ2n) is 5.81. The highest BCUT2D eigenvalue weighted by molar-refractivity contribution is 4.90. The van der Waals surface area contributed by atoms with Gasteiger partial charge in [0.1, 0.15) is 0 Å². The Morgan fingerprint density at radius 3 is 2.50 bits per heavy atom. The Bertz CT molecular complexity index is 191. The van der Waals surface area contributed by atoms with E-state index in [1.165, 1.54) is 25.7 Å². The van der Waals surface area contributed by atoms with Gasteiger partial charge in [0.05, 0.1) is 0 Å². The van der Waals surface area contributed by atoms with Gasteiger partial charge < -0.3 is 5.32 Å². The number of rotatable bonds is 6. The number of hydrogen-bond donors (Lipinski definition) is 1. The molecule has 2 heteroatoms. The first-order valence-corrected chi connectivity index (χ1v) is 7.01. The van der Waals surface area contributed by atoms with Crippen LogP contribution in [-0.4, -0.2) is 36.6 Å². The minimum absolute atomic E-state index is 0.712. The van der Waals surface area contributed by atoms with Gasteiger partial charge in [-0.2, -0.15) is 0 Å². The van der Waals surface area contributed by atoms with Crippen molar-refractivity contribution in [2.24, 2.45) is 5.92 Å². The molecule has 1 saturated carbocycles. The molecule has 96 valence electrons. The summed E-state index contributed by atoms with van der Waals surface area (Å²) in [5.41, 5.74) is 0. The van der Waals surface area contributed by atoms with Gasteiger partial charge in [-0.3, -0.25) is 4.90 Å². The first-order chi connectivity index (χ1) is 7.56. The van der Waals surface area contributed by atoms with Crippen molar-refractivity contribution >= 4 is 0 Å². The molecule has 2 nitrogen and oxygen atoms in total. The molecule has 1 rings (SSSR count). The van der Waals surface area contributed by atoms with Crippen molar-refractivity contribution in [1.82, 2.24) is 10.2 Å². The lowest BCUT2D eigenvalue weighted by Gasteiger charge is -2.35. The van der Waals surface area contributed by atoms with E-state index in [1.54, 1.807) is 0 Å². The lowest BCUT2D eigenvalue weighted by molar-refractivity contribution is 0.146. The van der Waals surface area contributed by atoms with Crippen molar-refractivity contribution < 1.29 is 0 Å². The van der Waals surface area contributed by atoms with Crippen molar-refractivity contribution in [2.45, 2.75) is 71.5 Å². The molecule has 3 atom stereocenters. The Morgan fingerprint density at radius 2 is 1.94 bits per heavy atom. The van der Waals surface area contributed by atoms with Crippen LogP contribution in [0.2, 0.25) is 0 Å². The predicted molar refractivity (Wildman–Crippen MR) is 71.8 cm³/mol. The van der Waals surface area contributed by atoms with Gasteiger partial charge in [-0.1, -0.05) is 27.2 Å². The summed E-state index contributed by atoms with van der Waals surface area (Å²) in [7, 11) is 2.31. The van der Waals surface area contributed by atoms with Gasteiger partial charge in [-0.05, 0) is 45.7 Å². The molecule has 16 heavy (non-hydrogen) atoms. The maximum Gasteiger partial charge on any atom is 0.0249 e. The first-order valence-electron chi connectivity index (χ1n) is 7.01. The molecule has 1 aliphatic carbocycles. The normalized spacial score (nSPS) is 27.9. The molecule has 1 aliphatic rings. The summed E-state index contributed by atoms with van der Waals surface area (Å²) in [5, 5.41) is 3.64. The average molecular weight is 226 g/mol. The van der Waals surface area contributed by atoms with Crippen molar-refractivity contribution in [3.8, 4) is 0 Å². The zero-order chi connectivity index (χ0) is 12.1. The summed E-state index contributed by atoms with van der Waals surface area (Å²) in [6.07, 6.45) is 5.43. The highest BCUT2D eigenvalue weighted by atomic mass is 15.2. The number of hydrogen-bond acceptors (Lipinski definition) is 2. The van der Waals surface area contributed by atoms with Crippen LogP contribution in [0, 0.1) is 5.92 Å². The monoisotopic (exact) mass is 226 g/mol. The molecule has 0 aromatic carbocycles. The fourth-order valence-corrected chi connectivity index (χ4v) is 3.10. The third kappa shape index (κ3) is 3.74. The highest BCUT2D eigenvalue weighted by Gasteiger charge is 2.31. The van der Waals surface area contributed by atoms with Gasteiger partial charge in [-0.15, -0.1) is 0 Å². The lowest BCUT2D eigenvalue weighted by atomic mass is 10.0. The molecule has 0 amide bonds. The topological polar surface area (TPSA) is 15.3 Å². The zero-order valence-corrected chi connectivity index (χ0v) is 11.8. The van der Waals surface area contributed by atoms with E-state index in [0.717, 1.165) is 24.5 Å². The summed E-state index contributed by atoms with van der Waals surface area (Å²) in [6.45, 7) is 10.3. The standard InChI is InChI=1S/C14H30N2/c1-6-15-13-8-7-9-14(13)16(5)12(4)10-11(2)3/h11-15H,6-10H2,1-5H3. The van der Waals surface area contributed by atoms with Crippen molar-refractivity contribution in [1.29, 1.82) is 0 Å². The van der Waals surface area contributed by atoms with Crippen LogP contribution in [0.5, 0.6) is 0 Å². The quantitative estimate of drug-likeness (QED) is 0.749. The van der Waals surface area contributed by atoms with E-state index in [2.05, 4.69) is 45.0 Å². The molecule has 1 fully saturated rings. The Hall–Kier alpha value is -0.0800. The summed E-state index contributed by atoms with van der Waals surface area (Å²) < 4.78 is 0. The van der Waals surface area contributed by atoms with Crippen LogP contribution in [0.3, 0.4) is 0 Å². The van der Waals surface area contributed by atoms with Crippen LogP contribution < -0.4 is 5.32 Å². The second-order valence-corrected chi connectivity index (χ2v) is 5.81. The largest absolute Gasteiger partial charge is 0.313 e. The zero-order valence-electron chi connectivity index (χ0n) is 11.8. The van der Waals surface area contributed by atoms with Crippen LogP contribution in [0.1, 0.15) is 53.4 Å². The van der Waals surface area contributed by atoms with Crippen molar-refractivity contribution in [3.63, 3.8) is 0 Å². The third-order valence-corrected chi connectivity index (χ3v) is 3.98. The Balaban J connectivity index is 2.47. The fourth-order valence-electron chi connectivity index (χ4n) is 3.10. The SMILES string of the molecule is CCNC1CCCC1N(C)C(C)CC(C)C. The lowest BCUT2D eigenvalue weighted by Crippen LogP contribution is -2.48. The highest BCUT2D eigenvalue weighted by Crippen LogP contribution is 2.26. The van der Waals surface area contributed by atoms with E-state index in [-0.39, 0.29) is 0 Å². The van der Waals surface area contributed by atoms with Crippen molar-refractivity contribution in [3.05, 3.63) is 0 Å². The molecule has 0 spiro atoms. The number of likely N-dealkylation sites (N-methyl/N-ethyl adjacent to an activating group) is 2. The predicted octanol–water partition coefficient (Wildman–Crippen LogP) is 2.88. The Kier molecular flexibility index (Phi) is 5.77. The van der Waals surface area contributed by atoms with Gasteiger partial charge in [0, 0.05) is 18.1 Å². The molecule has 3 unspecified atom stereocenters. The minimum atomic E-state index is 0.712. The first kappa shape index (κ1) is 14.0. The molecule has 0 bridgehead atoms. The molecule has 0 aromatic rings. The van der Waals surface area contributed by atoms with Gasteiger partial charge in [0.15, 0.2) is 0 Å². The van der Waals surface area contributed by atoms with Gasteiger partial charge >= 0.3 is 0 Å². The van der Waals surface area contributed by atoms with Crippen LogP contribution in [-0.2, 0) is 0 Å². The van der Waals surface area contributed by atoms with Crippen LogP contribution in [0.25, 0.3) is 0 Å². The van der Waals surface area contributed by atoms with Gasteiger partial charge in [-0.25, -0.2) is 0 Å². The molecular formula is C14H30N2. The van der Waals surface area contributed by atoms with E-state index < -0.39 is 0 Å². The third-order valence-electron chi connectivity index (χ3n) is 3.98. The molecular weight excluding hydrogens is 196 g/mol. The molecule has 0 radical (unpaired) electrons. The Labute approximate surface area is 102 Å². The molecule has 0 heterocycles. The number of nitrogens with one attached hydrogen (secondary N) is 1. The second kappa shape index (κ2) is 6.61. The van der Waals surface area contributed by atoms with E-state index in [0.29, 0.717) is 6.04 Å². The summed E-state index contributed by atoms with van der Waals surface area (Å²) in [6, 6.07) is 2.20. The summed E-state index contributed by atoms with van der Waals surface area (Å²) in [5.74, 6) is 0.802. The minimum Gasteiger partial charge on any atom is -0.313 e.